The lowest BCUT2D eigenvalue weighted by Crippen LogP contribution is -2.29. The molecule has 0 unspecified atom stereocenters. The van der Waals surface area contributed by atoms with E-state index in [0.717, 1.165) is 24.4 Å². The summed E-state index contributed by atoms with van der Waals surface area (Å²) in [5, 5.41) is 4.48. The van der Waals surface area contributed by atoms with E-state index in [1.54, 1.807) is 0 Å². The van der Waals surface area contributed by atoms with Crippen molar-refractivity contribution in [3.8, 4) is 0 Å². The van der Waals surface area contributed by atoms with E-state index in [2.05, 4.69) is 31.1 Å². The van der Waals surface area contributed by atoms with Gasteiger partial charge < -0.3 is 5.32 Å². The van der Waals surface area contributed by atoms with Crippen molar-refractivity contribution in [1.82, 2.24) is 0 Å². The number of nitrogens with zero attached hydrogens (tertiary/aromatic N) is 2. The van der Waals surface area contributed by atoms with Crippen LogP contribution in [0.5, 0.6) is 0 Å². The Labute approximate surface area is 74.8 Å². The maximum Gasteiger partial charge on any atom is 0.0395 e. The molecule has 1 heterocycles. The molecule has 0 atom stereocenters. The first-order valence-corrected chi connectivity index (χ1v) is 4.52. The van der Waals surface area contributed by atoms with Crippen molar-refractivity contribution in [2.45, 2.75) is 39.7 Å². The summed E-state index contributed by atoms with van der Waals surface area (Å²) in [7, 11) is 0. The lowest BCUT2D eigenvalue weighted by molar-refractivity contribution is 0.551. The van der Waals surface area contributed by atoms with Crippen LogP contribution in [0.25, 0.3) is 5.32 Å². The predicted octanol–water partition coefficient (Wildman–Crippen LogP) is 2.91. The molecule has 0 radical (unpaired) electrons. The molecule has 0 aromatic rings. The molecule has 2 heteroatoms. The topological polar surface area (TPSA) is 26.5 Å². The van der Waals surface area contributed by atoms with Crippen LogP contribution in [0.15, 0.2) is 16.8 Å². The van der Waals surface area contributed by atoms with Gasteiger partial charge in [0.25, 0.3) is 0 Å². The lowest BCUT2D eigenvalue weighted by atomic mass is 10.0. The average molecular weight is 165 g/mol. The van der Waals surface area contributed by atoms with Gasteiger partial charge >= 0.3 is 0 Å². The zero-order valence-corrected chi connectivity index (χ0v) is 8.39. The number of aliphatic imine (C=N–C) groups is 1. The van der Waals surface area contributed by atoms with Gasteiger partial charge in [-0.2, -0.15) is 0 Å². The molecule has 1 aliphatic rings. The molecule has 1 aliphatic heterocycles. The molecule has 0 saturated heterocycles. The fourth-order valence-corrected chi connectivity index (χ4v) is 1.35. The molecule has 0 aliphatic carbocycles. The highest BCUT2D eigenvalue weighted by Crippen LogP contribution is 2.25. The molecule has 0 bridgehead atoms. The van der Waals surface area contributed by atoms with Gasteiger partial charge in [0.1, 0.15) is 0 Å². The number of hydrogen-bond donors (Lipinski definition) is 0. The van der Waals surface area contributed by atoms with E-state index in [0.29, 0.717) is 0 Å². The van der Waals surface area contributed by atoms with Gasteiger partial charge in [0.05, 0.1) is 0 Å². The van der Waals surface area contributed by atoms with E-state index < -0.39 is 0 Å². The molecule has 0 amide bonds. The van der Waals surface area contributed by atoms with Gasteiger partial charge in [0.15, 0.2) is 0 Å². The van der Waals surface area contributed by atoms with Gasteiger partial charge in [-0.25, -0.2) is 0 Å². The van der Waals surface area contributed by atoms with Gasteiger partial charge in [0, 0.05) is 11.3 Å². The van der Waals surface area contributed by atoms with Crippen molar-refractivity contribution in [2.75, 3.05) is 6.54 Å². The Morgan fingerprint density at radius 2 is 2.25 bits per heavy atom. The van der Waals surface area contributed by atoms with Crippen LogP contribution in [0.4, 0.5) is 0 Å². The third kappa shape index (κ3) is 1.87. The normalized spacial score (nSPS) is 25.0. The van der Waals surface area contributed by atoms with Crippen LogP contribution in [0.2, 0.25) is 0 Å². The van der Waals surface area contributed by atoms with Crippen molar-refractivity contribution < 1.29 is 0 Å². The second-order valence-corrected chi connectivity index (χ2v) is 3.71. The van der Waals surface area contributed by atoms with Gasteiger partial charge in [-0.3, -0.25) is 4.99 Å². The fraction of sp³-hybridized carbons (Fsp3) is 0.700. The molecule has 0 aromatic carbocycles. The number of hydrogen-bond acceptors (Lipinski definition) is 1. The lowest BCUT2D eigenvalue weighted by Gasteiger charge is -2.40. The highest BCUT2D eigenvalue weighted by atomic mass is 15.0. The molecule has 1 rings (SSSR count). The fourth-order valence-electron chi connectivity index (χ4n) is 1.35. The molecule has 0 spiro atoms. The van der Waals surface area contributed by atoms with Crippen molar-refractivity contribution in [2.24, 2.45) is 4.99 Å². The Bertz CT molecular complexity index is 224. The first kappa shape index (κ1) is 9.30. The predicted molar refractivity (Wildman–Crippen MR) is 53.8 cm³/mol. The molecule has 68 valence electrons. The quantitative estimate of drug-likeness (QED) is 0.571. The maximum atomic E-state index is 4.64. The number of allylic oxidation sites excluding steroid dienone is 2. The summed E-state index contributed by atoms with van der Waals surface area (Å²) < 4.78 is 0. The Morgan fingerprint density at radius 3 is 2.75 bits per heavy atom. The zero-order valence-electron chi connectivity index (χ0n) is 8.39. The first-order chi connectivity index (χ1) is 5.59. The van der Waals surface area contributed by atoms with Gasteiger partial charge in [-0.05, 0) is 27.2 Å². The summed E-state index contributed by atoms with van der Waals surface area (Å²) in [6.07, 6.45) is 3.02. The third-order valence-electron chi connectivity index (χ3n) is 1.98. The monoisotopic (exact) mass is 165 g/mol. The maximum absolute atomic E-state index is 4.64. The van der Waals surface area contributed by atoms with E-state index in [1.807, 2.05) is 13.0 Å². The van der Waals surface area contributed by atoms with Crippen LogP contribution in [-0.4, -0.2) is 17.8 Å². The minimum atomic E-state index is 0.0118. The smallest absolute Gasteiger partial charge is 0.0395 e. The minimum Gasteiger partial charge on any atom is -0.681 e. The average Bonchev–Trinajstić information content (AvgIpc) is 2.03. The standard InChI is InChI=1S/C10H17N2/c1-5-8-9(6-2)12-10(3,4)7-11-8/h5H,6-7H2,1-4H3/q-1/b8-5-. The van der Waals surface area contributed by atoms with E-state index in [4.69, 9.17) is 0 Å². The first-order valence-electron chi connectivity index (χ1n) is 4.52. The van der Waals surface area contributed by atoms with E-state index in [1.165, 1.54) is 0 Å². The van der Waals surface area contributed by atoms with E-state index >= 15 is 0 Å². The molecular formula is C10H17N2-. The van der Waals surface area contributed by atoms with Crippen LogP contribution >= 0.6 is 0 Å². The summed E-state index contributed by atoms with van der Waals surface area (Å²) in [6, 6.07) is 0. The Balaban J connectivity index is 2.92. The summed E-state index contributed by atoms with van der Waals surface area (Å²) in [6.45, 7) is 9.20. The van der Waals surface area contributed by atoms with Crippen molar-refractivity contribution in [3.05, 3.63) is 17.1 Å². The summed E-state index contributed by atoms with van der Waals surface area (Å²) >= 11 is 0. The molecule has 0 fully saturated rings. The second-order valence-electron chi connectivity index (χ2n) is 3.71. The van der Waals surface area contributed by atoms with Crippen LogP contribution in [-0.2, 0) is 0 Å². The highest BCUT2D eigenvalue weighted by molar-refractivity contribution is 6.03. The zero-order chi connectivity index (χ0) is 9.19. The SMILES string of the molecule is C/C=C1\[N-]CC(C)(C)N=C1CC. The van der Waals surface area contributed by atoms with Crippen LogP contribution in [0.1, 0.15) is 34.1 Å². The largest absolute Gasteiger partial charge is 0.681 e. The number of rotatable bonds is 1. The summed E-state index contributed by atoms with van der Waals surface area (Å²) in [4.78, 5) is 4.64. The van der Waals surface area contributed by atoms with E-state index in [-0.39, 0.29) is 5.54 Å². The molecule has 0 saturated carbocycles. The molecule has 0 N–H and O–H groups in total. The van der Waals surface area contributed by atoms with Crippen LogP contribution < -0.4 is 0 Å². The van der Waals surface area contributed by atoms with Crippen LogP contribution in [0, 0.1) is 0 Å². The van der Waals surface area contributed by atoms with Gasteiger partial charge in [-0.1, -0.05) is 6.92 Å². The van der Waals surface area contributed by atoms with E-state index in [9.17, 15) is 0 Å². The van der Waals surface area contributed by atoms with Gasteiger partial charge in [-0.15, -0.1) is 18.3 Å². The van der Waals surface area contributed by atoms with Gasteiger partial charge in [0.2, 0.25) is 0 Å². The van der Waals surface area contributed by atoms with Crippen LogP contribution in [0.3, 0.4) is 0 Å². The minimum absolute atomic E-state index is 0.0118. The van der Waals surface area contributed by atoms with Crippen molar-refractivity contribution >= 4 is 5.71 Å². The third-order valence-corrected chi connectivity index (χ3v) is 1.98. The molecule has 12 heavy (non-hydrogen) atoms. The summed E-state index contributed by atoms with van der Waals surface area (Å²) in [5.41, 5.74) is 2.24. The summed E-state index contributed by atoms with van der Waals surface area (Å²) in [5.74, 6) is 0. The highest BCUT2D eigenvalue weighted by Gasteiger charge is 2.15. The van der Waals surface area contributed by atoms with Crippen molar-refractivity contribution in [1.29, 1.82) is 0 Å². The van der Waals surface area contributed by atoms with Crippen molar-refractivity contribution in [3.63, 3.8) is 0 Å². The Morgan fingerprint density at radius 1 is 1.58 bits per heavy atom. The molecule has 2 nitrogen and oxygen atoms in total. The molecular weight excluding hydrogens is 148 g/mol. The Kier molecular flexibility index (Phi) is 2.55. The molecule has 0 aromatic heterocycles. The second kappa shape index (κ2) is 3.30. The Hall–Kier alpha value is -0.790.